The van der Waals surface area contributed by atoms with Crippen LogP contribution >= 0.6 is 0 Å². The van der Waals surface area contributed by atoms with Crippen LogP contribution in [0.3, 0.4) is 0 Å². The minimum absolute atomic E-state index is 0.714. The summed E-state index contributed by atoms with van der Waals surface area (Å²) < 4.78 is 0. The summed E-state index contributed by atoms with van der Waals surface area (Å²) in [5.74, 6) is 0. The number of carbonyl (C=O) groups is 1. The molecule has 0 aliphatic rings. The monoisotopic (exact) mass is 264 g/mol. The van der Waals surface area contributed by atoms with E-state index in [0.29, 0.717) is 5.56 Å². The first-order valence-corrected chi connectivity index (χ1v) is 6.66. The second-order valence-electron chi connectivity index (χ2n) is 4.86. The second kappa shape index (κ2) is 5.72. The van der Waals surface area contributed by atoms with Crippen molar-refractivity contribution in [3.8, 4) is 0 Å². The third-order valence-electron chi connectivity index (χ3n) is 3.39. The van der Waals surface area contributed by atoms with Gasteiger partial charge in [0, 0.05) is 30.4 Å². The van der Waals surface area contributed by atoms with Crippen LogP contribution in [0.5, 0.6) is 0 Å². The van der Waals surface area contributed by atoms with Gasteiger partial charge in [0.25, 0.3) is 0 Å². The van der Waals surface area contributed by atoms with Crippen LogP contribution in [0.15, 0.2) is 54.7 Å². The van der Waals surface area contributed by atoms with E-state index in [2.05, 4.69) is 34.6 Å². The van der Waals surface area contributed by atoms with E-state index in [1.54, 1.807) is 0 Å². The molecular formula is C17H16N2O. The molecule has 0 atom stereocenters. The Balaban J connectivity index is 1.59. The van der Waals surface area contributed by atoms with E-state index in [1.807, 2.05) is 30.5 Å². The number of rotatable bonds is 5. The van der Waals surface area contributed by atoms with Crippen LogP contribution < -0.4 is 5.32 Å². The molecule has 2 aromatic carbocycles. The fraction of sp³-hybridized carbons (Fsp3) is 0.118. The summed E-state index contributed by atoms with van der Waals surface area (Å²) in [5, 5.41) is 4.65. The molecule has 3 nitrogen and oxygen atoms in total. The number of H-pyrrole nitrogens is 1. The van der Waals surface area contributed by atoms with E-state index in [1.165, 1.54) is 22.0 Å². The molecule has 0 aliphatic carbocycles. The second-order valence-corrected chi connectivity index (χ2v) is 4.86. The van der Waals surface area contributed by atoms with Gasteiger partial charge in [0.2, 0.25) is 0 Å². The number of hydrogen-bond donors (Lipinski definition) is 2. The lowest BCUT2D eigenvalue weighted by atomic mass is 10.1. The Kier molecular flexibility index (Phi) is 3.61. The number of nitrogens with one attached hydrogen (secondary N) is 2. The van der Waals surface area contributed by atoms with Crippen molar-refractivity contribution >= 4 is 17.2 Å². The summed E-state index contributed by atoms with van der Waals surface area (Å²) in [7, 11) is 0. The lowest BCUT2D eigenvalue weighted by Crippen LogP contribution is -2.12. The Bertz CT molecular complexity index is 713. The summed E-state index contributed by atoms with van der Waals surface area (Å²) in [6.45, 7) is 1.63. The quantitative estimate of drug-likeness (QED) is 0.695. The molecule has 0 saturated carbocycles. The predicted octanol–water partition coefficient (Wildman–Crippen LogP) is 3.27. The third-order valence-corrected chi connectivity index (χ3v) is 3.39. The van der Waals surface area contributed by atoms with Crippen molar-refractivity contribution in [1.82, 2.24) is 10.3 Å². The van der Waals surface area contributed by atoms with Crippen molar-refractivity contribution in [2.75, 3.05) is 0 Å². The predicted molar refractivity (Wildman–Crippen MR) is 80.7 cm³/mol. The maximum atomic E-state index is 10.6. The summed E-state index contributed by atoms with van der Waals surface area (Å²) >= 11 is 0. The van der Waals surface area contributed by atoms with Crippen LogP contribution in [-0.2, 0) is 13.1 Å². The Morgan fingerprint density at radius 3 is 2.50 bits per heavy atom. The lowest BCUT2D eigenvalue weighted by Gasteiger charge is -2.06. The standard InChI is InChI=1S/C17H16N2O/c20-12-14-3-1-13(2-4-14)10-18-11-15-5-6-17-16(9-15)7-8-19-17/h1-9,12,18-19H,10-11H2. The van der Waals surface area contributed by atoms with Gasteiger partial charge in [0.05, 0.1) is 0 Å². The van der Waals surface area contributed by atoms with Crippen molar-refractivity contribution in [2.24, 2.45) is 0 Å². The number of fused-ring (bicyclic) bond motifs is 1. The molecule has 100 valence electrons. The van der Waals surface area contributed by atoms with Crippen LogP contribution in [0.1, 0.15) is 21.5 Å². The molecule has 3 rings (SSSR count). The summed E-state index contributed by atoms with van der Waals surface area (Å²) in [5.41, 5.74) is 4.32. The van der Waals surface area contributed by atoms with Gasteiger partial charge in [-0.05, 0) is 34.7 Å². The summed E-state index contributed by atoms with van der Waals surface area (Å²) in [4.78, 5) is 13.8. The Hall–Kier alpha value is -2.39. The lowest BCUT2D eigenvalue weighted by molar-refractivity contribution is 0.112. The molecule has 0 bridgehead atoms. The molecule has 2 N–H and O–H groups in total. The zero-order chi connectivity index (χ0) is 13.8. The van der Waals surface area contributed by atoms with Crippen LogP contribution in [0.4, 0.5) is 0 Å². The molecule has 0 fully saturated rings. The highest BCUT2D eigenvalue weighted by Gasteiger charge is 1.98. The van der Waals surface area contributed by atoms with Gasteiger partial charge in [-0.1, -0.05) is 30.3 Å². The number of carbonyl (C=O) groups excluding carboxylic acids is 1. The van der Waals surface area contributed by atoms with Crippen LogP contribution in [0.25, 0.3) is 10.9 Å². The zero-order valence-corrected chi connectivity index (χ0v) is 11.1. The van der Waals surface area contributed by atoms with Gasteiger partial charge < -0.3 is 10.3 Å². The molecule has 0 spiro atoms. The van der Waals surface area contributed by atoms with Crippen molar-refractivity contribution in [1.29, 1.82) is 0 Å². The first-order valence-electron chi connectivity index (χ1n) is 6.66. The average molecular weight is 264 g/mol. The Labute approximate surface area is 117 Å². The van der Waals surface area contributed by atoms with Crippen LogP contribution in [-0.4, -0.2) is 11.3 Å². The molecule has 0 unspecified atom stereocenters. The molecule has 3 heteroatoms. The Morgan fingerprint density at radius 2 is 1.70 bits per heavy atom. The topological polar surface area (TPSA) is 44.9 Å². The van der Waals surface area contributed by atoms with Crippen molar-refractivity contribution in [3.05, 3.63) is 71.4 Å². The molecule has 1 heterocycles. The first-order chi connectivity index (χ1) is 9.85. The maximum absolute atomic E-state index is 10.6. The highest BCUT2D eigenvalue weighted by Crippen LogP contribution is 2.14. The van der Waals surface area contributed by atoms with Gasteiger partial charge in [-0.3, -0.25) is 4.79 Å². The SMILES string of the molecule is O=Cc1ccc(CNCc2ccc3[nH]ccc3c2)cc1. The van der Waals surface area contributed by atoms with Gasteiger partial charge in [-0.25, -0.2) is 0 Å². The molecule has 0 aliphatic heterocycles. The number of aromatic nitrogens is 1. The van der Waals surface area contributed by atoms with Crippen LogP contribution in [0.2, 0.25) is 0 Å². The van der Waals surface area contributed by atoms with Gasteiger partial charge in [0.1, 0.15) is 6.29 Å². The Morgan fingerprint density at radius 1 is 0.950 bits per heavy atom. The van der Waals surface area contributed by atoms with Gasteiger partial charge in [-0.15, -0.1) is 0 Å². The van der Waals surface area contributed by atoms with E-state index in [4.69, 9.17) is 0 Å². The van der Waals surface area contributed by atoms with Gasteiger partial charge in [0.15, 0.2) is 0 Å². The van der Waals surface area contributed by atoms with Gasteiger partial charge >= 0.3 is 0 Å². The van der Waals surface area contributed by atoms with E-state index < -0.39 is 0 Å². The number of aromatic amines is 1. The summed E-state index contributed by atoms with van der Waals surface area (Å²) in [6.07, 6.45) is 2.82. The molecular weight excluding hydrogens is 248 g/mol. The smallest absolute Gasteiger partial charge is 0.150 e. The van der Waals surface area contributed by atoms with E-state index >= 15 is 0 Å². The normalized spacial score (nSPS) is 10.8. The minimum atomic E-state index is 0.714. The van der Waals surface area contributed by atoms with Crippen LogP contribution in [0, 0.1) is 0 Å². The zero-order valence-electron chi connectivity index (χ0n) is 11.1. The van der Waals surface area contributed by atoms with E-state index in [-0.39, 0.29) is 0 Å². The van der Waals surface area contributed by atoms with E-state index in [0.717, 1.165) is 19.4 Å². The fourth-order valence-electron chi connectivity index (χ4n) is 2.28. The highest BCUT2D eigenvalue weighted by atomic mass is 16.1. The minimum Gasteiger partial charge on any atom is -0.361 e. The van der Waals surface area contributed by atoms with E-state index in [9.17, 15) is 4.79 Å². The first kappa shape index (κ1) is 12.6. The molecule has 20 heavy (non-hydrogen) atoms. The molecule has 1 aromatic heterocycles. The molecule has 0 saturated heterocycles. The largest absolute Gasteiger partial charge is 0.361 e. The van der Waals surface area contributed by atoms with Gasteiger partial charge in [-0.2, -0.15) is 0 Å². The number of aldehydes is 1. The average Bonchev–Trinajstić information content (AvgIpc) is 2.95. The summed E-state index contributed by atoms with van der Waals surface area (Å²) in [6, 6.07) is 16.1. The highest BCUT2D eigenvalue weighted by molar-refractivity contribution is 5.79. The molecule has 0 radical (unpaired) electrons. The molecule has 0 amide bonds. The molecule has 3 aromatic rings. The third kappa shape index (κ3) is 2.78. The van der Waals surface area contributed by atoms with Crippen molar-refractivity contribution < 1.29 is 4.79 Å². The maximum Gasteiger partial charge on any atom is 0.150 e. The van der Waals surface area contributed by atoms with Crippen molar-refractivity contribution in [3.63, 3.8) is 0 Å². The fourth-order valence-corrected chi connectivity index (χ4v) is 2.28. The number of benzene rings is 2. The number of hydrogen-bond acceptors (Lipinski definition) is 2. The van der Waals surface area contributed by atoms with Crippen molar-refractivity contribution in [2.45, 2.75) is 13.1 Å².